The number of methoxy groups -OCH3 is 1. The van der Waals surface area contributed by atoms with Gasteiger partial charge in [-0.3, -0.25) is 0 Å². The molecule has 2 heterocycles. The van der Waals surface area contributed by atoms with Crippen LogP contribution in [0.1, 0.15) is 30.8 Å². The molecule has 0 aliphatic heterocycles. The van der Waals surface area contributed by atoms with E-state index in [4.69, 9.17) is 9.72 Å². The topological polar surface area (TPSA) is 53.7 Å². The molecule has 0 radical (unpaired) electrons. The van der Waals surface area contributed by atoms with E-state index in [1.54, 1.807) is 7.11 Å². The van der Waals surface area contributed by atoms with Crippen LogP contribution in [0.2, 0.25) is 0 Å². The van der Waals surface area contributed by atoms with E-state index < -0.39 is 0 Å². The Labute approximate surface area is 140 Å². The molecule has 0 bridgehead atoms. The van der Waals surface area contributed by atoms with Crippen molar-refractivity contribution >= 4 is 21.9 Å². The first kappa shape index (κ1) is 14.8. The van der Waals surface area contributed by atoms with Crippen LogP contribution in [0.4, 0.5) is 0 Å². The minimum atomic E-state index is -0.321. The number of aryl methyl sites for hydroxylation is 1. The molecule has 0 amide bonds. The van der Waals surface area contributed by atoms with Crippen LogP contribution in [0.15, 0.2) is 42.6 Å². The SMILES string of the molecule is COc1cc(C)c2[nH]ccc2c1C(C)(C)c1nc2ccccc2[nH]1. The fourth-order valence-corrected chi connectivity index (χ4v) is 3.55. The van der Waals surface area contributed by atoms with Gasteiger partial charge < -0.3 is 14.7 Å². The van der Waals surface area contributed by atoms with Gasteiger partial charge in [-0.1, -0.05) is 12.1 Å². The van der Waals surface area contributed by atoms with Gasteiger partial charge in [0.15, 0.2) is 0 Å². The maximum Gasteiger partial charge on any atom is 0.124 e. The molecule has 2 N–H and O–H groups in total. The van der Waals surface area contributed by atoms with Crippen LogP contribution in [0.3, 0.4) is 0 Å². The molecule has 4 heteroatoms. The highest BCUT2D eigenvalue weighted by Gasteiger charge is 2.32. The molecule has 2 aromatic heterocycles. The van der Waals surface area contributed by atoms with Gasteiger partial charge in [0.1, 0.15) is 11.6 Å². The van der Waals surface area contributed by atoms with E-state index in [-0.39, 0.29) is 5.41 Å². The fourth-order valence-electron chi connectivity index (χ4n) is 3.55. The van der Waals surface area contributed by atoms with E-state index in [2.05, 4.69) is 48.9 Å². The Bertz CT molecular complexity index is 1010. The molecule has 4 aromatic rings. The monoisotopic (exact) mass is 319 g/mol. The second kappa shape index (κ2) is 5.13. The van der Waals surface area contributed by atoms with Crippen molar-refractivity contribution < 1.29 is 4.74 Å². The Morgan fingerprint density at radius 3 is 2.67 bits per heavy atom. The maximum atomic E-state index is 5.73. The quantitative estimate of drug-likeness (QED) is 0.576. The summed E-state index contributed by atoms with van der Waals surface area (Å²) in [6.07, 6.45) is 1.98. The van der Waals surface area contributed by atoms with Crippen molar-refractivity contribution in [2.45, 2.75) is 26.2 Å². The lowest BCUT2D eigenvalue weighted by atomic mass is 9.80. The van der Waals surface area contributed by atoms with Crippen molar-refractivity contribution in [1.82, 2.24) is 15.0 Å². The number of nitrogens with one attached hydrogen (secondary N) is 2. The van der Waals surface area contributed by atoms with Gasteiger partial charge in [-0.25, -0.2) is 4.98 Å². The molecule has 0 saturated carbocycles. The van der Waals surface area contributed by atoms with Crippen LogP contribution in [-0.2, 0) is 5.41 Å². The van der Waals surface area contributed by atoms with Gasteiger partial charge in [0, 0.05) is 22.7 Å². The Balaban J connectivity index is 2.01. The first-order valence-electron chi connectivity index (χ1n) is 8.12. The number of benzene rings is 2. The lowest BCUT2D eigenvalue weighted by molar-refractivity contribution is 0.400. The van der Waals surface area contributed by atoms with Crippen LogP contribution in [0, 0.1) is 6.92 Å². The van der Waals surface area contributed by atoms with E-state index in [0.29, 0.717) is 0 Å². The Morgan fingerprint density at radius 1 is 1.12 bits per heavy atom. The number of H-pyrrole nitrogens is 2. The average Bonchev–Trinajstić information content (AvgIpc) is 3.21. The van der Waals surface area contributed by atoms with Crippen LogP contribution < -0.4 is 4.74 Å². The van der Waals surface area contributed by atoms with Crippen molar-refractivity contribution in [3.05, 3.63) is 59.5 Å². The van der Waals surface area contributed by atoms with E-state index >= 15 is 0 Å². The van der Waals surface area contributed by atoms with Crippen molar-refractivity contribution in [2.24, 2.45) is 0 Å². The molecule has 0 fully saturated rings. The highest BCUT2D eigenvalue weighted by atomic mass is 16.5. The molecular weight excluding hydrogens is 298 g/mol. The van der Waals surface area contributed by atoms with Crippen LogP contribution in [-0.4, -0.2) is 22.1 Å². The van der Waals surface area contributed by atoms with Gasteiger partial charge in [0.05, 0.1) is 23.6 Å². The van der Waals surface area contributed by atoms with Gasteiger partial charge in [-0.05, 0) is 50.6 Å². The number of hydrogen-bond donors (Lipinski definition) is 2. The number of rotatable bonds is 3. The molecular formula is C20H21N3O. The van der Waals surface area contributed by atoms with Crippen LogP contribution >= 0.6 is 0 Å². The number of ether oxygens (including phenoxy) is 1. The first-order chi connectivity index (χ1) is 11.5. The number of aromatic amines is 2. The zero-order valence-electron chi connectivity index (χ0n) is 14.4. The van der Waals surface area contributed by atoms with Crippen molar-refractivity contribution in [3.8, 4) is 5.75 Å². The Morgan fingerprint density at radius 2 is 1.92 bits per heavy atom. The van der Waals surface area contributed by atoms with Crippen LogP contribution in [0.5, 0.6) is 5.75 Å². The number of fused-ring (bicyclic) bond motifs is 2. The summed E-state index contributed by atoms with van der Waals surface area (Å²) in [6, 6.07) is 12.3. The van der Waals surface area contributed by atoms with E-state index in [1.165, 1.54) is 10.9 Å². The maximum absolute atomic E-state index is 5.73. The molecule has 122 valence electrons. The highest BCUT2D eigenvalue weighted by molar-refractivity contribution is 5.90. The molecule has 4 nitrogen and oxygen atoms in total. The summed E-state index contributed by atoms with van der Waals surface area (Å²) < 4.78 is 5.73. The molecule has 24 heavy (non-hydrogen) atoms. The van der Waals surface area contributed by atoms with Crippen LogP contribution in [0.25, 0.3) is 21.9 Å². The molecule has 4 rings (SSSR count). The lowest BCUT2D eigenvalue weighted by Gasteiger charge is -2.26. The summed E-state index contributed by atoms with van der Waals surface area (Å²) in [5, 5.41) is 1.18. The van der Waals surface area contributed by atoms with Gasteiger partial charge >= 0.3 is 0 Å². The van der Waals surface area contributed by atoms with Crippen molar-refractivity contribution in [2.75, 3.05) is 7.11 Å². The predicted octanol–water partition coefficient (Wildman–Crippen LogP) is 4.69. The summed E-state index contributed by atoms with van der Waals surface area (Å²) in [6.45, 7) is 6.47. The standard InChI is InChI=1S/C20H21N3O/c1-12-11-16(24-4)17(13-9-10-21-18(12)13)20(2,3)19-22-14-7-5-6-8-15(14)23-19/h5-11,21H,1-4H3,(H,22,23). The summed E-state index contributed by atoms with van der Waals surface area (Å²) in [5.74, 6) is 1.83. The second-order valence-corrected chi connectivity index (χ2v) is 6.76. The molecule has 0 aliphatic carbocycles. The zero-order chi connectivity index (χ0) is 16.9. The third-order valence-corrected chi connectivity index (χ3v) is 4.83. The van der Waals surface area contributed by atoms with Gasteiger partial charge in [0.2, 0.25) is 0 Å². The molecule has 0 unspecified atom stereocenters. The summed E-state index contributed by atoms with van der Waals surface area (Å²) in [4.78, 5) is 11.7. The van der Waals surface area contributed by atoms with Crippen molar-refractivity contribution in [1.29, 1.82) is 0 Å². The fraction of sp³-hybridized carbons (Fsp3) is 0.250. The summed E-state index contributed by atoms with van der Waals surface area (Å²) in [7, 11) is 1.73. The van der Waals surface area contributed by atoms with E-state index in [1.807, 2.05) is 24.4 Å². The van der Waals surface area contributed by atoms with E-state index in [0.717, 1.165) is 33.7 Å². The first-order valence-corrected chi connectivity index (χ1v) is 8.12. The third-order valence-electron chi connectivity index (χ3n) is 4.83. The minimum Gasteiger partial charge on any atom is -0.496 e. The molecule has 0 atom stereocenters. The normalized spacial score (nSPS) is 12.2. The number of nitrogens with zero attached hydrogens (tertiary/aromatic N) is 1. The predicted molar refractivity (Wildman–Crippen MR) is 97.8 cm³/mol. The van der Waals surface area contributed by atoms with E-state index in [9.17, 15) is 0 Å². The van der Waals surface area contributed by atoms with Gasteiger partial charge in [0.25, 0.3) is 0 Å². The summed E-state index contributed by atoms with van der Waals surface area (Å²) >= 11 is 0. The minimum absolute atomic E-state index is 0.321. The average molecular weight is 319 g/mol. The molecule has 0 saturated heterocycles. The number of para-hydroxylation sites is 2. The Hall–Kier alpha value is -2.75. The summed E-state index contributed by atoms with van der Waals surface area (Å²) in [5.41, 5.74) is 5.18. The largest absolute Gasteiger partial charge is 0.496 e. The molecule has 2 aromatic carbocycles. The smallest absolute Gasteiger partial charge is 0.124 e. The number of hydrogen-bond acceptors (Lipinski definition) is 2. The lowest BCUT2D eigenvalue weighted by Crippen LogP contribution is -2.22. The molecule has 0 spiro atoms. The van der Waals surface area contributed by atoms with Crippen molar-refractivity contribution in [3.63, 3.8) is 0 Å². The van der Waals surface area contributed by atoms with Gasteiger partial charge in [-0.2, -0.15) is 0 Å². The number of imidazole rings is 1. The second-order valence-electron chi connectivity index (χ2n) is 6.76. The third kappa shape index (κ3) is 2.03. The Kier molecular flexibility index (Phi) is 3.17. The zero-order valence-corrected chi connectivity index (χ0v) is 14.4. The molecule has 0 aliphatic rings. The highest BCUT2D eigenvalue weighted by Crippen LogP contribution is 2.42. The number of aromatic nitrogens is 3. The van der Waals surface area contributed by atoms with Gasteiger partial charge in [-0.15, -0.1) is 0 Å².